The van der Waals surface area contributed by atoms with Crippen LogP contribution in [-0.4, -0.2) is 9.91 Å². The molecule has 8 heteroatoms. The summed E-state index contributed by atoms with van der Waals surface area (Å²) in [4.78, 5) is 14.0. The van der Waals surface area contributed by atoms with E-state index >= 15 is 0 Å². The van der Waals surface area contributed by atoms with Crippen molar-refractivity contribution < 1.29 is 9.66 Å². The summed E-state index contributed by atoms with van der Waals surface area (Å²) < 4.78 is 5.40. The summed E-state index contributed by atoms with van der Waals surface area (Å²) in [5, 5.41) is 13.0. The number of nitrogens with two attached hydrogens (primary N) is 1. The number of nitrogen functional groups attached to an aromatic ring is 1. The first kappa shape index (κ1) is 12.6. The van der Waals surface area contributed by atoms with Crippen LogP contribution in [0.15, 0.2) is 23.6 Å². The van der Waals surface area contributed by atoms with E-state index in [1.807, 2.05) is 0 Å². The number of hydrogen-bond donors (Lipinski definition) is 1. The number of ether oxygens (including phenoxy) is 1. The van der Waals surface area contributed by atoms with Crippen LogP contribution in [0.5, 0.6) is 5.75 Å². The molecule has 0 aliphatic heterocycles. The molecule has 0 fully saturated rings. The Kier molecular flexibility index (Phi) is 3.63. The molecule has 0 saturated carbocycles. The fraction of sp³-hybridized carbons (Fsp3) is 0.100. The third-order valence-corrected chi connectivity index (χ3v) is 3.09. The number of non-ortho nitro benzene ring substituents is 1. The number of halogens is 1. The summed E-state index contributed by atoms with van der Waals surface area (Å²) in [6.45, 7) is 0.214. The van der Waals surface area contributed by atoms with Crippen LogP contribution >= 0.6 is 22.9 Å². The number of rotatable bonds is 4. The Labute approximate surface area is 111 Å². The van der Waals surface area contributed by atoms with Crippen molar-refractivity contribution in [1.82, 2.24) is 4.98 Å². The van der Waals surface area contributed by atoms with Gasteiger partial charge in [0.2, 0.25) is 0 Å². The number of aromatic nitrogens is 1. The number of thiazole rings is 1. The van der Waals surface area contributed by atoms with Gasteiger partial charge in [0.1, 0.15) is 12.4 Å². The van der Waals surface area contributed by atoms with Crippen LogP contribution in [-0.2, 0) is 6.61 Å². The summed E-state index contributed by atoms with van der Waals surface area (Å²) in [6, 6.07) is 4.03. The highest BCUT2D eigenvalue weighted by molar-refractivity contribution is 7.13. The van der Waals surface area contributed by atoms with E-state index in [2.05, 4.69) is 4.98 Å². The lowest BCUT2D eigenvalue weighted by Crippen LogP contribution is -1.97. The Balaban J connectivity index is 2.08. The van der Waals surface area contributed by atoms with Crippen LogP contribution in [0, 0.1) is 10.1 Å². The SMILES string of the molecule is Nc1nc(COc2ccc([N+](=O)[O-])cc2Cl)cs1. The molecule has 6 nitrogen and oxygen atoms in total. The van der Waals surface area contributed by atoms with Crippen molar-refractivity contribution in [3.63, 3.8) is 0 Å². The lowest BCUT2D eigenvalue weighted by atomic mass is 10.3. The van der Waals surface area contributed by atoms with Gasteiger partial charge in [-0.1, -0.05) is 11.6 Å². The Morgan fingerprint density at radius 3 is 2.89 bits per heavy atom. The Morgan fingerprint density at radius 2 is 2.33 bits per heavy atom. The van der Waals surface area contributed by atoms with Gasteiger partial charge in [0.05, 0.1) is 15.6 Å². The minimum absolute atomic E-state index is 0.0785. The quantitative estimate of drug-likeness (QED) is 0.689. The van der Waals surface area contributed by atoms with Crippen molar-refractivity contribution in [2.75, 3.05) is 5.73 Å². The lowest BCUT2D eigenvalue weighted by Gasteiger charge is -2.05. The number of nitro benzene ring substituents is 1. The molecule has 1 aromatic carbocycles. The zero-order valence-corrected chi connectivity index (χ0v) is 10.6. The van der Waals surface area contributed by atoms with Crippen molar-refractivity contribution >= 4 is 33.8 Å². The monoisotopic (exact) mass is 285 g/mol. The van der Waals surface area contributed by atoms with Crippen molar-refractivity contribution in [1.29, 1.82) is 0 Å². The van der Waals surface area contributed by atoms with Gasteiger partial charge in [0.15, 0.2) is 5.13 Å². The largest absolute Gasteiger partial charge is 0.486 e. The molecule has 1 aromatic heterocycles. The van der Waals surface area contributed by atoms with E-state index in [0.29, 0.717) is 16.6 Å². The average molecular weight is 286 g/mol. The second kappa shape index (κ2) is 5.19. The van der Waals surface area contributed by atoms with E-state index in [1.54, 1.807) is 5.38 Å². The molecular formula is C10H8ClN3O3S. The van der Waals surface area contributed by atoms with E-state index < -0.39 is 4.92 Å². The number of hydrogen-bond acceptors (Lipinski definition) is 6. The number of anilines is 1. The average Bonchev–Trinajstić information content (AvgIpc) is 2.73. The molecule has 2 N–H and O–H groups in total. The summed E-state index contributed by atoms with van der Waals surface area (Å²) in [5.41, 5.74) is 6.09. The maximum absolute atomic E-state index is 10.5. The van der Waals surface area contributed by atoms with Gasteiger partial charge in [0, 0.05) is 17.5 Å². The molecule has 2 rings (SSSR count). The fourth-order valence-electron chi connectivity index (χ4n) is 1.26. The van der Waals surface area contributed by atoms with E-state index in [4.69, 9.17) is 22.1 Å². The zero-order chi connectivity index (χ0) is 13.1. The predicted octanol–water partition coefficient (Wildman–Crippen LogP) is 2.87. The Bertz CT molecular complexity index is 587. The second-order valence-electron chi connectivity index (χ2n) is 3.34. The second-order valence-corrected chi connectivity index (χ2v) is 4.63. The van der Waals surface area contributed by atoms with Crippen LogP contribution in [0.2, 0.25) is 5.02 Å². The molecule has 0 bridgehead atoms. The number of nitrogens with zero attached hydrogens (tertiary/aromatic N) is 2. The van der Waals surface area contributed by atoms with Gasteiger partial charge in [-0.15, -0.1) is 11.3 Å². The highest BCUT2D eigenvalue weighted by Gasteiger charge is 2.10. The van der Waals surface area contributed by atoms with Crippen LogP contribution in [0.4, 0.5) is 10.8 Å². The molecule has 2 aromatic rings. The van der Waals surface area contributed by atoms with E-state index in [-0.39, 0.29) is 17.3 Å². The first-order valence-corrected chi connectivity index (χ1v) is 6.08. The zero-order valence-electron chi connectivity index (χ0n) is 9.00. The van der Waals surface area contributed by atoms with Crippen LogP contribution in [0.25, 0.3) is 0 Å². The first-order valence-electron chi connectivity index (χ1n) is 4.83. The third-order valence-electron chi connectivity index (χ3n) is 2.07. The molecule has 0 atom stereocenters. The predicted molar refractivity (Wildman–Crippen MR) is 69.0 cm³/mol. The fourth-order valence-corrected chi connectivity index (χ4v) is 2.04. The summed E-state index contributed by atoms with van der Waals surface area (Å²) in [7, 11) is 0. The van der Waals surface area contributed by atoms with E-state index in [0.717, 1.165) is 0 Å². The summed E-state index contributed by atoms with van der Waals surface area (Å²) in [6.07, 6.45) is 0. The Morgan fingerprint density at radius 1 is 1.56 bits per heavy atom. The number of nitro groups is 1. The smallest absolute Gasteiger partial charge is 0.271 e. The van der Waals surface area contributed by atoms with E-state index in [9.17, 15) is 10.1 Å². The Hall–Kier alpha value is -1.86. The highest BCUT2D eigenvalue weighted by Crippen LogP contribution is 2.29. The molecule has 18 heavy (non-hydrogen) atoms. The molecule has 0 spiro atoms. The summed E-state index contributed by atoms with van der Waals surface area (Å²) >= 11 is 7.19. The van der Waals surface area contributed by atoms with Gasteiger partial charge in [0.25, 0.3) is 5.69 Å². The normalized spacial score (nSPS) is 10.3. The molecule has 0 radical (unpaired) electrons. The van der Waals surface area contributed by atoms with Gasteiger partial charge in [-0.05, 0) is 6.07 Å². The van der Waals surface area contributed by atoms with Crippen LogP contribution in [0.1, 0.15) is 5.69 Å². The van der Waals surface area contributed by atoms with Gasteiger partial charge in [-0.3, -0.25) is 10.1 Å². The van der Waals surface area contributed by atoms with Crippen molar-refractivity contribution in [2.24, 2.45) is 0 Å². The molecule has 0 saturated heterocycles. The van der Waals surface area contributed by atoms with Gasteiger partial charge in [-0.2, -0.15) is 0 Å². The van der Waals surface area contributed by atoms with E-state index in [1.165, 1.54) is 29.5 Å². The van der Waals surface area contributed by atoms with Crippen LogP contribution < -0.4 is 10.5 Å². The molecule has 1 heterocycles. The molecule has 0 aliphatic carbocycles. The molecule has 0 aliphatic rings. The summed E-state index contributed by atoms with van der Waals surface area (Å²) in [5.74, 6) is 0.369. The molecule has 0 unspecified atom stereocenters. The van der Waals surface area contributed by atoms with Gasteiger partial charge < -0.3 is 10.5 Å². The highest BCUT2D eigenvalue weighted by atomic mass is 35.5. The van der Waals surface area contributed by atoms with Gasteiger partial charge >= 0.3 is 0 Å². The maximum atomic E-state index is 10.5. The molecule has 0 amide bonds. The minimum atomic E-state index is -0.517. The van der Waals surface area contributed by atoms with Crippen molar-refractivity contribution in [3.8, 4) is 5.75 Å². The topological polar surface area (TPSA) is 91.3 Å². The maximum Gasteiger partial charge on any atom is 0.271 e. The standard InChI is InChI=1S/C10H8ClN3O3S/c11-8-3-7(14(15)16)1-2-9(8)17-4-6-5-18-10(12)13-6/h1-3,5H,4H2,(H2,12,13). The number of benzene rings is 1. The van der Waals surface area contributed by atoms with Crippen molar-refractivity contribution in [2.45, 2.75) is 6.61 Å². The molecular weight excluding hydrogens is 278 g/mol. The molecule has 94 valence electrons. The first-order chi connectivity index (χ1) is 8.56. The minimum Gasteiger partial charge on any atom is -0.486 e. The van der Waals surface area contributed by atoms with Crippen molar-refractivity contribution in [3.05, 3.63) is 44.4 Å². The van der Waals surface area contributed by atoms with Crippen LogP contribution in [0.3, 0.4) is 0 Å². The third kappa shape index (κ3) is 2.88. The lowest BCUT2D eigenvalue weighted by molar-refractivity contribution is -0.384. The van der Waals surface area contributed by atoms with Gasteiger partial charge in [-0.25, -0.2) is 4.98 Å².